The molecule has 146 valence electrons. The molecule has 0 spiro atoms. The van der Waals surface area contributed by atoms with Crippen molar-refractivity contribution in [2.75, 3.05) is 0 Å². The van der Waals surface area contributed by atoms with Crippen molar-refractivity contribution in [3.63, 3.8) is 0 Å². The van der Waals surface area contributed by atoms with Gasteiger partial charge in [0, 0.05) is 11.1 Å². The molecule has 30 heavy (non-hydrogen) atoms. The minimum atomic E-state index is -0.571. The molecule has 0 radical (unpaired) electrons. The summed E-state index contributed by atoms with van der Waals surface area (Å²) in [6, 6.07) is 31.7. The molecule has 4 aromatic rings. The third-order valence-electron chi connectivity index (χ3n) is 4.40. The largest absolute Gasteiger partial charge is 0.457 e. The van der Waals surface area contributed by atoms with E-state index >= 15 is 0 Å². The molecular weight excluding hydrogens is 376 g/mol. The predicted octanol–water partition coefficient (Wildman–Crippen LogP) is 6.34. The molecule has 0 aliphatic carbocycles. The van der Waals surface area contributed by atoms with E-state index in [1.54, 1.807) is 48.5 Å². The van der Waals surface area contributed by atoms with Crippen LogP contribution in [0, 0.1) is 0 Å². The Bertz CT molecular complexity index is 1040. The van der Waals surface area contributed by atoms with Crippen LogP contribution < -0.4 is 9.47 Å². The Balaban J connectivity index is 1.42. The SMILES string of the molecule is O=C(C(=O)c1ccc(Oc2ccccc2)cc1)c1ccc(Oc2ccccc2)cc1. The first-order valence-corrected chi connectivity index (χ1v) is 9.44. The van der Waals surface area contributed by atoms with Crippen LogP contribution in [0.4, 0.5) is 0 Å². The molecule has 0 bridgehead atoms. The van der Waals surface area contributed by atoms with E-state index in [9.17, 15) is 9.59 Å². The second-order valence-electron chi connectivity index (χ2n) is 6.54. The van der Waals surface area contributed by atoms with Gasteiger partial charge >= 0.3 is 0 Å². The molecule has 0 saturated carbocycles. The average Bonchev–Trinajstić information content (AvgIpc) is 2.80. The lowest BCUT2D eigenvalue weighted by atomic mass is 10.0. The summed E-state index contributed by atoms with van der Waals surface area (Å²) < 4.78 is 11.4. The maximum atomic E-state index is 12.6. The van der Waals surface area contributed by atoms with Gasteiger partial charge in [0.15, 0.2) is 0 Å². The van der Waals surface area contributed by atoms with Crippen molar-refractivity contribution in [1.29, 1.82) is 0 Å². The Morgan fingerprint density at radius 1 is 0.400 bits per heavy atom. The van der Waals surface area contributed by atoms with Crippen molar-refractivity contribution in [3.8, 4) is 23.0 Å². The molecule has 4 heteroatoms. The van der Waals surface area contributed by atoms with Gasteiger partial charge in [-0.1, -0.05) is 36.4 Å². The first-order chi connectivity index (χ1) is 14.7. The summed E-state index contributed by atoms with van der Waals surface area (Å²) in [5.74, 6) is 1.44. The summed E-state index contributed by atoms with van der Waals surface area (Å²) in [4.78, 5) is 25.1. The summed E-state index contributed by atoms with van der Waals surface area (Å²) in [6.45, 7) is 0. The zero-order chi connectivity index (χ0) is 20.8. The first-order valence-electron chi connectivity index (χ1n) is 9.44. The maximum absolute atomic E-state index is 12.6. The number of hydrogen-bond donors (Lipinski definition) is 0. The van der Waals surface area contributed by atoms with Crippen molar-refractivity contribution in [2.45, 2.75) is 0 Å². The Kier molecular flexibility index (Phi) is 5.67. The van der Waals surface area contributed by atoms with Gasteiger partial charge in [-0.2, -0.15) is 0 Å². The zero-order valence-electron chi connectivity index (χ0n) is 16.0. The summed E-state index contributed by atoms with van der Waals surface area (Å²) in [7, 11) is 0. The summed E-state index contributed by atoms with van der Waals surface area (Å²) in [5, 5.41) is 0. The fourth-order valence-electron chi connectivity index (χ4n) is 2.86. The van der Waals surface area contributed by atoms with Crippen molar-refractivity contribution in [2.24, 2.45) is 0 Å². The molecule has 0 amide bonds. The van der Waals surface area contributed by atoms with Crippen LogP contribution in [0.5, 0.6) is 23.0 Å². The van der Waals surface area contributed by atoms with E-state index in [0.717, 1.165) is 0 Å². The summed E-state index contributed by atoms with van der Waals surface area (Å²) in [6.07, 6.45) is 0. The highest BCUT2D eigenvalue weighted by atomic mass is 16.5. The molecule has 4 rings (SSSR count). The number of benzene rings is 4. The van der Waals surface area contributed by atoms with Crippen LogP contribution in [0.3, 0.4) is 0 Å². The van der Waals surface area contributed by atoms with Gasteiger partial charge in [0.1, 0.15) is 23.0 Å². The van der Waals surface area contributed by atoms with Crippen LogP contribution in [0.2, 0.25) is 0 Å². The maximum Gasteiger partial charge on any atom is 0.233 e. The van der Waals surface area contributed by atoms with Crippen LogP contribution >= 0.6 is 0 Å². The van der Waals surface area contributed by atoms with E-state index in [0.29, 0.717) is 34.1 Å². The van der Waals surface area contributed by atoms with Crippen molar-refractivity contribution in [3.05, 3.63) is 120 Å². The molecule has 0 saturated heterocycles. The molecule has 0 atom stereocenters. The summed E-state index contributed by atoms with van der Waals surface area (Å²) >= 11 is 0. The summed E-state index contributed by atoms with van der Waals surface area (Å²) in [5.41, 5.74) is 0.620. The predicted molar refractivity (Wildman–Crippen MR) is 115 cm³/mol. The minimum absolute atomic E-state index is 0.310. The van der Waals surface area contributed by atoms with E-state index in [4.69, 9.17) is 9.47 Å². The van der Waals surface area contributed by atoms with Crippen molar-refractivity contribution in [1.82, 2.24) is 0 Å². The fraction of sp³-hybridized carbons (Fsp3) is 0. The Labute approximate surface area is 174 Å². The molecule has 0 aromatic heterocycles. The van der Waals surface area contributed by atoms with E-state index in [2.05, 4.69) is 0 Å². The molecule has 0 aliphatic rings. The Morgan fingerprint density at radius 3 is 1.03 bits per heavy atom. The highest BCUT2D eigenvalue weighted by Gasteiger charge is 2.18. The Morgan fingerprint density at radius 2 is 0.700 bits per heavy atom. The first kappa shape index (κ1) is 19.2. The van der Waals surface area contributed by atoms with Gasteiger partial charge in [-0.05, 0) is 72.8 Å². The van der Waals surface area contributed by atoms with Gasteiger partial charge < -0.3 is 9.47 Å². The molecule has 0 unspecified atom stereocenters. The third-order valence-corrected chi connectivity index (χ3v) is 4.40. The highest BCUT2D eigenvalue weighted by molar-refractivity contribution is 6.49. The van der Waals surface area contributed by atoms with E-state index in [1.165, 1.54) is 0 Å². The lowest BCUT2D eigenvalue weighted by Gasteiger charge is -2.07. The van der Waals surface area contributed by atoms with Gasteiger partial charge in [-0.15, -0.1) is 0 Å². The van der Waals surface area contributed by atoms with Crippen LogP contribution in [0.1, 0.15) is 20.7 Å². The van der Waals surface area contributed by atoms with E-state index < -0.39 is 11.6 Å². The standard InChI is InChI=1S/C26H18O4/c27-25(19-11-15-23(16-12-19)29-21-7-3-1-4-8-21)26(28)20-13-17-24(18-14-20)30-22-9-5-2-6-10-22/h1-18H. The molecule has 0 aliphatic heterocycles. The number of para-hydroxylation sites is 2. The van der Waals surface area contributed by atoms with Gasteiger partial charge in [-0.25, -0.2) is 0 Å². The van der Waals surface area contributed by atoms with Crippen LogP contribution in [-0.4, -0.2) is 11.6 Å². The Hall–Kier alpha value is -4.18. The van der Waals surface area contributed by atoms with Gasteiger partial charge in [0.25, 0.3) is 0 Å². The van der Waals surface area contributed by atoms with Crippen molar-refractivity contribution < 1.29 is 19.1 Å². The normalized spacial score (nSPS) is 10.3. The molecule has 4 nitrogen and oxygen atoms in total. The molecular formula is C26H18O4. The third kappa shape index (κ3) is 4.62. The van der Waals surface area contributed by atoms with Gasteiger partial charge in [0.2, 0.25) is 11.6 Å². The number of carbonyl (C=O) groups is 2. The highest BCUT2D eigenvalue weighted by Crippen LogP contribution is 2.23. The number of Topliss-reactive ketones (excluding diaryl/α,β-unsaturated/α-hetero) is 2. The monoisotopic (exact) mass is 394 g/mol. The second-order valence-corrected chi connectivity index (χ2v) is 6.54. The number of carbonyl (C=O) groups excluding carboxylic acids is 2. The van der Waals surface area contributed by atoms with Crippen LogP contribution in [-0.2, 0) is 0 Å². The number of ether oxygens (including phenoxy) is 2. The van der Waals surface area contributed by atoms with Crippen LogP contribution in [0.15, 0.2) is 109 Å². The smallest absolute Gasteiger partial charge is 0.233 e. The molecule has 0 heterocycles. The zero-order valence-corrected chi connectivity index (χ0v) is 16.0. The molecule has 4 aromatic carbocycles. The number of rotatable bonds is 7. The average molecular weight is 394 g/mol. The lowest BCUT2D eigenvalue weighted by molar-refractivity contribution is 0.0817. The van der Waals surface area contributed by atoms with Gasteiger partial charge in [-0.3, -0.25) is 9.59 Å². The second kappa shape index (κ2) is 8.88. The molecule has 0 fully saturated rings. The fourth-order valence-corrected chi connectivity index (χ4v) is 2.86. The van der Waals surface area contributed by atoms with Crippen LogP contribution in [0.25, 0.3) is 0 Å². The van der Waals surface area contributed by atoms with Gasteiger partial charge in [0.05, 0.1) is 0 Å². The molecule has 0 N–H and O–H groups in total. The minimum Gasteiger partial charge on any atom is -0.457 e. The quantitative estimate of drug-likeness (QED) is 0.271. The van der Waals surface area contributed by atoms with E-state index in [1.807, 2.05) is 60.7 Å². The van der Waals surface area contributed by atoms with Crippen molar-refractivity contribution >= 4 is 11.6 Å². The number of hydrogen-bond acceptors (Lipinski definition) is 4. The number of ketones is 2. The topological polar surface area (TPSA) is 52.6 Å². The van der Waals surface area contributed by atoms with E-state index in [-0.39, 0.29) is 0 Å². The lowest BCUT2D eigenvalue weighted by Crippen LogP contribution is -2.14.